The highest BCUT2D eigenvalue weighted by molar-refractivity contribution is 6.50. The van der Waals surface area contributed by atoms with Crippen molar-refractivity contribution in [3.8, 4) is 0 Å². The molecule has 0 aromatic carbocycles. The fourth-order valence-corrected chi connectivity index (χ4v) is 1.18. The van der Waals surface area contributed by atoms with Crippen molar-refractivity contribution < 1.29 is 4.79 Å². The summed E-state index contributed by atoms with van der Waals surface area (Å²) in [6, 6.07) is 0. The average molecular weight is 200 g/mol. The predicted molar refractivity (Wildman–Crippen MR) is 41.4 cm³/mol. The number of hydrogen-bond acceptors (Lipinski definition) is 2. The summed E-state index contributed by atoms with van der Waals surface area (Å²) in [6.07, 6.45) is 1.35. The van der Waals surface area contributed by atoms with Crippen LogP contribution in [0.5, 0.6) is 0 Å². The molecule has 0 radical (unpaired) electrons. The van der Waals surface area contributed by atoms with Crippen LogP contribution in [-0.4, -0.2) is 16.7 Å². The molecule has 1 rings (SSSR count). The number of halogens is 3. The standard InChI is InChI=1S/C5H4Cl3NO/c6-2-1-9-5(8)3(7)4(2)10/h1,3,5,9H. The Morgan fingerprint density at radius 3 is 2.60 bits per heavy atom. The molecule has 1 aliphatic heterocycles. The molecule has 2 nitrogen and oxygen atoms in total. The van der Waals surface area contributed by atoms with Gasteiger partial charge in [-0.2, -0.15) is 0 Å². The Balaban J connectivity index is 2.81. The highest BCUT2D eigenvalue weighted by atomic mass is 35.5. The van der Waals surface area contributed by atoms with Gasteiger partial charge in [-0.25, -0.2) is 0 Å². The van der Waals surface area contributed by atoms with Crippen LogP contribution in [0, 0.1) is 0 Å². The first-order chi connectivity index (χ1) is 4.63. The Hall–Kier alpha value is 0.0800. The van der Waals surface area contributed by atoms with Crippen LogP contribution < -0.4 is 5.32 Å². The SMILES string of the molecule is O=C1C(Cl)=CNC(Cl)C1Cl. The summed E-state index contributed by atoms with van der Waals surface area (Å²) >= 11 is 16.5. The zero-order valence-electron chi connectivity index (χ0n) is 4.77. The third-order valence-corrected chi connectivity index (χ3v) is 2.36. The number of hydrogen-bond donors (Lipinski definition) is 1. The van der Waals surface area contributed by atoms with E-state index in [1.807, 2.05) is 0 Å². The molecule has 10 heavy (non-hydrogen) atoms. The van der Waals surface area contributed by atoms with E-state index in [2.05, 4.69) is 5.32 Å². The summed E-state index contributed by atoms with van der Waals surface area (Å²) in [6.45, 7) is 0. The highest BCUT2D eigenvalue weighted by Crippen LogP contribution is 2.19. The van der Waals surface area contributed by atoms with Crippen LogP contribution in [0.2, 0.25) is 0 Å². The second-order valence-corrected chi connectivity index (χ2v) is 3.17. The van der Waals surface area contributed by atoms with Crippen LogP contribution in [0.25, 0.3) is 0 Å². The van der Waals surface area contributed by atoms with Crippen LogP contribution in [0.1, 0.15) is 0 Å². The van der Waals surface area contributed by atoms with E-state index in [0.717, 1.165) is 0 Å². The molecule has 0 amide bonds. The van der Waals surface area contributed by atoms with Gasteiger partial charge in [0.15, 0.2) is 5.78 Å². The molecule has 2 unspecified atom stereocenters. The lowest BCUT2D eigenvalue weighted by Gasteiger charge is -2.19. The monoisotopic (exact) mass is 199 g/mol. The van der Waals surface area contributed by atoms with Crippen molar-refractivity contribution in [2.75, 3.05) is 0 Å². The van der Waals surface area contributed by atoms with Gasteiger partial charge < -0.3 is 5.32 Å². The first-order valence-corrected chi connectivity index (χ1v) is 3.82. The second-order valence-electron chi connectivity index (χ2n) is 1.83. The molecule has 2 atom stereocenters. The molecule has 0 aromatic heterocycles. The lowest BCUT2D eigenvalue weighted by Crippen LogP contribution is -2.38. The van der Waals surface area contributed by atoms with Crippen molar-refractivity contribution in [2.45, 2.75) is 10.9 Å². The lowest BCUT2D eigenvalue weighted by molar-refractivity contribution is -0.115. The van der Waals surface area contributed by atoms with Crippen molar-refractivity contribution in [3.05, 3.63) is 11.2 Å². The van der Waals surface area contributed by atoms with Crippen LogP contribution >= 0.6 is 34.8 Å². The highest BCUT2D eigenvalue weighted by Gasteiger charge is 2.29. The summed E-state index contributed by atoms with van der Waals surface area (Å²) in [7, 11) is 0. The van der Waals surface area contributed by atoms with Crippen molar-refractivity contribution in [1.29, 1.82) is 0 Å². The molecule has 1 heterocycles. The van der Waals surface area contributed by atoms with Gasteiger partial charge in [-0.3, -0.25) is 4.79 Å². The molecular formula is C5H4Cl3NO. The Labute approximate surface area is 73.1 Å². The van der Waals surface area contributed by atoms with Gasteiger partial charge in [-0.1, -0.05) is 23.2 Å². The summed E-state index contributed by atoms with van der Waals surface area (Å²) < 4.78 is 0. The second kappa shape index (κ2) is 2.99. The number of ketones is 1. The quantitative estimate of drug-likeness (QED) is 0.473. The Morgan fingerprint density at radius 2 is 2.10 bits per heavy atom. The van der Waals surface area contributed by atoms with Crippen molar-refractivity contribution in [3.63, 3.8) is 0 Å². The van der Waals surface area contributed by atoms with Gasteiger partial charge in [0.1, 0.15) is 15.9 Å². The van der Waals surface area contributed by atoms with Gasteiger partial charge >= 0.3 is 0 Å². The van der Waals surface area contributed by atoms with Crippen molar-refractivity contribution in [2.24, 2.45) is 0 Å². The summed E-state index contributed by atoms with van der Waals surface area (Å²) in [5.41, 5.74) is -0.559. The van der Waals surface area contributed by atoms with E-state index in [9.17, 15) is 4.79 Å². The third kappa shape index (κ3) is 1.39. The maximum absolute atomic E-state index is 10.9. The minimum atomic E-state index is -0.765. The molecule has 56 valence electrons. The lowest BCUT2D eigenvalue weighted by atomic mass is 10.2. The summed E-state index contributed by atoms with van der Waals surface area (Å²) in [5, 5.41) is 1.96. The number of allylic oxidation sites excluding steroid dienone is 1. The maximum Gasteiger partial charge on any atom is 0.196 e. The van der Waals surface area contributed by atoms with Gasteiger partial charge in [0, 0.05) is 6.20 Å². The molecule has 5 heteroatoms. The molecule has 0 spiro atoms. The zero-order valence-corrected chi connectivity index (χ0v) is 7.04. The van der Waals surface area contributed by atoms with Crippen LogP contribution in [-0.2, 0) is 4.79 Å². The zero-order chi connectivity index (χ0) is 7.72. The molecule has 1 N–H and O–H groups in total. The molecule has 0 aliphatic carbocycles. The predicted octanol–water partition coefficient (Wildman–Crippen LogP) is 1.41. The number of carbonyl (C=O) groups excluding carboxylic acids is 1. The Morgan fingerprint density at radius 1 is 1.50 bits per heavy atom. The van der Waals surface area contributed by atoms with Gasteiger partial charge in [0.05, 0.1) is 0 Å². The van der Waals surface area contributed by atoms with E-state index >= 15 is 0 Å². The fraction of sp³-hybridized carbons (Fsp3) is 0.400. The molecule has 0 aromatic rings. The minimum Gasteiger partial charge on any atom is -0.372 e. The Bertz CT molecular complexity index is 191. The van der Waals surface area contributed by atoms with Gasteiger partial charge in [0.25, 0.3) is 0 Å². The molecule has 0 bridgehead atoms. The van der Waals surface area contributed by atoms with E-state index in [4.69, 9.17) is 34.8 Å². The molecule has 1 aliphatic rings. The van der Waals surface area contributed by atoms with Crippen LogP contribution in [0.4, 0.5) is 0 Å². The normalized spacial score (nSPS) is 33.1. The number of Topliss-reactive ketones (excluding diaryl/α,β-unsaturated/α-hetero) is 1. The smallest absolute Gasteiger partial charge is 0.196 e. The molecule has 0 saturated heterocycles. The van der Waals surface area contributed by atoms with E-state index < -0.39 is 10.9 Å². The fourth-order valence-electron chi connectivity index (χ4n) is 0.573. The minimum absolute atomic E-state index is 0.0944. The van der Waals surface area contributed by atoms with E-state index in [1.54, 1.807) is 0 Å². The Kier molecular flexibility index (Phi) is 2.45. The van der Waals surface area contributed by atoms with Crippen LogP contribution in [0.15, 0.2) is 11.2 Å². The van der Waals surface area contributed by atoms with Crippen molar-refractivity contribution >= 4 is 40.6 Å². The van der Waals surface area contributed by atoms with Crippen LogP contribution in [0.3, 0.4) is 0 Å². The first-order valence-electron chi connectivity index (χ1n) is 2.57. The van der Waals surface area contributed by atoms with Gasteiger partial charge in [-0.05, 0) is 0 Å². The van der Waals surface area contributed by atoms with Gasteiger partial charge in [0.2, 0.25) is 0 Å². The summed E-state index contributed by atoms with van der Waals surface area (Å²) in [5.74, 6) is -0.331. The number of nitrogens with one attached hydrogen (secondary N) is 1. The first kappa shape index (κ1) is 8.18. The topological polar surface area (TPSA) is 29.1 Å². The van der Waals surface area contributed by atoms with E-state index in [1.165, 1.54) is 6.20 Å². The third-order valence-electron chi connectivity index (χ3n) is 1.11. The largest absolute Gasteiger partial charge is 0.372 e. The van der Waals surface area contributed by atoms with Gasteiger partial charge in [-0.15, -0.1) is 11.6 Å². The van der Waals surface area contributed by atoms with Crippen molar-refractivity contribution in [1.82, 2.24) is 5.32 Å². The maximum atomic E-state index is 10.9. The van der Waals surface area contributed by atoms with E-state index in [0.29, 0.717) is 0 Å². The number of carbonyl (C=O) groups is 1. The molecule has 0 saturated carbocycles. The molecule has 0 fully saturated rings. The number of alkyl halides is 2. The summed E-state index contributed by atoms with van der Waals surface area (Å²) in [4.78, 5) is 10.9. The average Bonchev–Trinajstić information content (AvgIpc) is 1.93. The van der Waals surface area contributed by atoms with E-state index in [-0.39, 0.29) is 10.8 Å². The molecular weight excluding hydrogens is 196 g/mol. The number of rotatable bonds is 0.